The fraction of sp³-hybridized carbons (Fsp3) is 0.0667. The first kappa shape index (κ1) is 13.5. The molecule has 0 bridgehead atoms. The Morgan fingerprint density at radius 3 is 2.67 bits per heavy atom. The number of aromatic carboxylic acids is 1. The van der Waals surface area contributed by atoms with E-state index in [1.165, 1.54) is 13.3 Å². The summed E-state index contributed by atoms with van der Waals surface area (Å²) in [4.78, 5) is 15.8. The summed E-state index contributed by atoms with van der Waals surface area (Å²) in [6.07, 6.45) is 1.53. The second-order valence-corrected chi connectivity index (χ2v) is 4.75. The molecule has 6 heteroatoms. The Morgan fingerprint density at radius 2 is 2.05 bits per heavy atom. The molecule has 106 valence electrons. The summed E-state index contributed by atoms with van der Waals surface area (Å²) in [5.74, 6) is -0.624. The minimum Gasteiger partial charge on any atom is -0.495 e. The Kier molecular flexibility index (Phi) is 3.27. The Bertz CT molecular complexity index is 828. The van der Waals surface area contributed by atoms with E-state index in [4.69, 9.17) is 16.3 Å². The number of rotatable bonds is 3. The molecule has 2 aromatic heterocycles. The minimum atomic E-state index is -1.10. The number of methoxy groups -OCH3 is 1. The molecule has 0 saturated heterocycles. The molecule has 0 atom stereocenters. The lowest BCUT2D eigenvalue weighted by Crippen LogP contribution is -1.98. The van der Waals surface area contributed by atoms with Crippen molar-refractivity contribution in [1.29, 1.82) is 0 Å². The summed E-state index contributed by atoms with van der Waals surface area (Å²) in [5, 5.41) is 9.98. The number of ether oxygens (including phenoxy) is 1. The summed E-state index contributed by atoms with van der Waals surface area (Å²) in [6.45, 7) is 0. The molecule has 0 aliphatic heterocycles. The number of benzene rings is 1. The predicted octanol–water partition coefficient (Wildman–Crippen LogP) is 3.39. The molecule has 0 radical (unpaired) electrons. The van der Waals surface area contributed by atoms with Crippen LogP contribution in [0.1, 0.15) is 10.4 Å². The van der Waals surface area contributed by atoms with Gasteiger partial charge in [0.15, 0.2) is 0 Å². The van der Waals surface area contributed by atoms with E-state index in [1.54, 1.807) is 10.6 Å². The highest BCUT2D eigenvalue weighted by atomic mass is 35.5. The van der Waals surface area contributed by atoms with E-state index in [9.17, 15) is 9.90 Å². The molecule has 0 aliphatic carbocycles. The number of nitrogens with zero attached hydrogens (tertiary/aromatic N) is 2. The normalized spacial score (nSPS) is 10.8. The summed E-state index contributed by atoms with van der Waals surface area (Å²) in [5.41, 5.74) is 1.24. The van der Waals surface area contributed by atoms with Crippen molar-refractivity contribution < 1.29 is 14.6 Å². The van der Waals surface area contributed by atoms with E-state index < -0.39 is 5.97 Å². The molecule has 5 nitrogen and oxygen atoms in total. The van der Waals surface area contributed by atoms with Gasteiger partial charge in [-0.1, -0.05) is 29.8 Å². The number of carbonyl (C=O) groups is 1. The van der Waals surface area contributed by atoms with Crippen LogP contribution in [0.15, 0.2) is 42.6 Å². The second-order valence-electron chi connectivity index (χ2n) is 4.39. The maximum absolute atomic E-state index is 11.5. The van der Waals surface area contributed by atoms with Crippen LogP contribution >= 0.6 is 11.6 Å². The van der Waals surface area contributed by atoms with Crippen molar-refractivity contribution in [3.63, 3.8) is 0 Å². The van der Waals surface area contributed by atoms with Crippen LogP contribution in [-0.4, -0.2) is 27.7 Å². The van der Waals surface area contributed by atoms with Crippen LogP contribution in [0.3, 0.4) is 0 Å². The van der Waals surface area contributed by atoms with Gasteiger partial charge in [-0.2, -0.15) is 0 Å². The standard InChI is InChI=1S/C15H11ClN2O3/c1-21-10-7-11-12(15(19)20)13(16)18(14(11)17-8-10)9-5-3-2-4-6-9/h2-8H,1H3,(H,19,20). The van der Waals surface area contributed by atoms with Gasteiger partial charge in [-0.05, 0) is 18.2 Å². The third kappa shape index (κ3) is 2.11. The molecule has 0 aliphatic rings. The molecule has 0 fully saturated rings. The smallest absolute Gasteiger partial charge is 0.339 e. The molecule has 2 heterocycles. The largest absolute Gasteiger partial charge is 0.495 e. The first-order valence-electron chi connectivity index (χ1n) is 6.16. The predicted molar refractivity (Wildman–Crippen MR) is 79.6 cm³/mol. The van der Waals surface area contributed by atoms with Crippen LogP contribution in [0.25, 0.3) is 16.7 Å². The number of para-hydroxylation sites is 1. The topological polar surface area (TPSA) is 64.3 Å². The lowest BCUT2D eigenvalue weighted by Gasteiger charge is -2.06. The lowest BCUT2D eigenvalue weighted by molar-refractivity contribution is 0.0699. The highest BCUT2D eigenvalue weighted by Gasteiger charge is 2.23. The van der Waals surface area contributed by atoms with Crippen molar-refractivity contribution in [1.82, 2.24) is 9.55 Å². The van der Waals surface area contributed by atoms with E-state index >= 15 is 0 Å². The maximum Gasteiger partial charge on any atom is 0.339 e. The van der Waals surface area contributed by atoms with E-state index in [0.717, 1.165) is 5.69 Å². The van der Waals surface area contributed by atoms with Crippen molar-refractivity contribution in [2.45, 2.75) is 0 Å². The minimum absolute atomic E-state index is 0.0157. The van der Waals surface area contributed by atoms with Gasteiger partial charge in [0.2, 0.25) is 0 Å². The number of halogens is 1. The summed E-state index contributed by atoms with van der Waals surface area (Å²) in [6, 6.07) is 10.9. The number of pyridine rings is 1. The quantitative estimate of drug-likeness (QED) is 0.805. The molecular formula is C15H11ClN2O3. The van der Waals surface area contributed by atoms with Crippen LogP contribution in [-0.2, 0) is 0 Å². The summed E-state index contributed by atoms with van der Waals surface area (Å²) in [7, 11) is 1.50. The molecule has 0 unspecified atom stereocenters. The van der Waals surface area contributed by atoms with Crippen LogP contribution < -0.4 is 4.74 Å². The second kappa shape index (κ2) is 5.10. The first-order valence-corrected chi connectivity index (χ1v) is 6.54. The summed E-state index contributed by atoms with van der Waals surface area (Å²) < 4.78 is 6.71. The molecule has 0 saturated carbocycles. The van der Waals surface area contributed by atoms with Crippen molar-refractivity contribution in [2.75, 3.05) is 7.11 Å². The number of hydrogen-bond acceptors (Lipinski definition) is 3. The van der Waals surface area contributed by atoms with Gasteiger partial charge in [-0.25, -0.2) is 9.78 Å². The van der Waals surface area contributed by atoms with Crippen molar-refractivity contribution in [3.05, 3.63) is 53.3 Å². The first-order chi connectivity index (χ1) is 10.1. The number of hydrogen-bond donors (Lipinski definition) is 1. The zero-order valence-electron chi connectivity index (χ0n) is 11.1. The Morgan fingerprint density at radius 1 is 1.33 bits per heavy atom. The van der Waals surface area contributed by atoms with Crippen LogP contribution in [0.2, 0.25) is 5.15 Å². The van der Waals surface area contributed by atoms with Crippen LogP contribution in [0.4, 0.5) is 0 Å². The van der Waals surface area contributed by atoms with Gasteiger partial charge < -0.3 is 9.84 Å². The Hall–Kier alpha value is -2.53. The number of carboxylic acid groups (broad SMARTS) is 1. The summed E-state index contributed by atoms with van der Waals surface area (Å²) >= 11 is 6.28. The third-order valence-corrected chi connectivity index (χ3v) is 3.55. The van der Waals surface area contributed by atoms with Gasteiger partial charge >= 0.3 is 5.97 Å². The van der Waals surface area contributed by atoms with Gasteiger partial charge in [0.05, 0.1) is 13.3 Å². The molecule has 21 heavy (non-hydrogen) atoms. The van der Waals surface area contributed by atoms with E-state index in [2.05, 4.69) is 4.98 Å². The van der Waals surface area contributed by atoms with E-state index in [-0.39, 0.29) is 10.7 Å². The molecule has 1 N–H and O–H groups in total. The highest BCUT2D eigenvalue weighted by Crippen LogP contribution is 2.33. The number of aromatic nitrogens is 2. The van der Waals surface area contributed by atoms with Gasteiger partial charge in [0.25, 0.3) is 0 Å². The number of fused-ring (bicyclic) bond motifs is 1. The fourth-order valence-corrected chi connectivity index (χ4v) is 2.60. The van der Waals surface area contributed by atoms with Crippen LogP contribution in [0, 0.1) is 0 Å². The van der Waals surface area contributed by atoms with E-state index in [1.807, 2.05) is 30.3 Å². The number of carboxylic acids is 1. The van der Waals surface area contributed by atoms with Crippen LogP contribution in [0.5, 0.6) is 5.75 Å². The van der Waals surface area contributed by atoms with Crippen molar-refractivity contribution in [2.24, 2.45) is 0 Å². The van der Waals surface area contributed by atoms with Crippen molar-refractivity contribution in [3.8, 4) is 11.4 Å². The van der Waals surface area contributed by atoms with E-state index in [0.29, 0.717) is 16.8 Å². The average Bonchev–Trinajstić information content (AvgIpc) is 2.79. The zero-order valence-corrected chi connectivity index (χ0v) is 11.8. The third-order valence-electron chi connectivity index (χ3n) is 3.19. The molecule has 1 aromatic carbocycles. The maximum atomic E-state index is 11.5. The highest BCUT2D eigenvalue weighted by molar-refractivity contribution is 6.35. The van der Waals surface area contributed by atoms with Crippen molar-refractivity contribution >= 4 is 28.6 Å². The van der Waals surface area contributed by atoms with Gasteiger partial charge in [-0.15, -0.1) is 0 Å². The average molecular weight is 303 g/mol. The fourth-order valence-electron chi connectivity index (χ4n) is 2.24. The van der Waals surface area contributed by atoms with Gasteiger partial charge in [-0.3, -0.25) is 4.57 Å². The molecule has 0 spiro atoms. The molecule has 3 aromatic rings. The monoisotopic (exact) mass is 302 g/mol. The Balaban J connectivity index is 2.40. The Labute approximate surface area is 125 Å². The zero-order chi connectivity index (χ0) is 15.0. The molecule has 0 amide bonds. The molecular weight excluding hydrogens is 292 g/mol. The van der Waals surface area contributed by atoms with Gasteiger partial charge in [0.1, 0.15) is 22.1 Å². The molecule has 3 rings (SSSR count). The van der Waals surface area contributed by atoms with Gasteiger partial charge in [0, 0.05) is 11.1 Å². The lowest BCUT2D eigenvalue weighted by atomic mass is 10.2. The SMILES string of the molecule is COc1cnc2c(c1)c(C(=O)O)c(Cl)n2-c1ccccc1.